The van der Waals surface area contributed by atoms with Crippen LogP contribution in [-0.4, -0.2) is 83.1 Å². The first-order valence-electron chi connectivity index (χ1n) is 12.4. The zero-order valence-corrected chi connectivity index (χ0v) is 19.3. The topological polar surface area (TPSA) is 77.2 Å². The highest BCUT2D eigenvalue weighted by atomic mass is 16.7. The van der Waals surface area contributed by atoms with E-state index in [4.69, 9.17) is 4.84 Å². The van der Waals surface area contributed by atoms with Crippen molar-refractivity contribution in [2.24, 2.45) is 17.8 Å². The summed E-state index contributed by atoms with van der Waals surface area (Å²) in [7, 11) is 0. The largest absolute Gasteiger partial charge is 0.335 e. The monoisotopic (exact) mass is 433 g/mol. The van der Waals surface area contributed by atoms with Crippen LogP contribution in [-0.2, 0) is 14.4 Å². The summed E-state index contributed by atoms with van der Waals surface area (Å²) < 4.78 is 0. The number of rotatable bonds is 4. The summed E-state index contributed by atoms with van der Waals surface area (Å²) in [4.78, 5) is 35.3. The molecular formula is C23H39N5O3. The molecule has 2 aliphatic carbocycles. The third-order valence-electron chi connectivity index (χ3n) is 8.28. The van der Waals surface area contributed by atoms with E-state index in [2.05, 4.69) is 39.6 Å². The summed E-state index contributed by atoms with van der Waals surface area (Å²) in [5.41, 5.74) is 6.76. The highest BCUT2D eigenvalue weighted by Gasteiger charge is 2.49. The summed E-state index contributed by atoms with van der Waals surface area (Å²) >= 11 is 0. The Morgan fingerprint density at radius 1 is 1.00 bits per heavy atom. The van der Waals surface area contributed by atoms with Gasteiger partial charge in [0.25, 0.3) is 0 Å². The van der Waals surface area contributed by atoms with Gasteiger partial charge in [-0.2, -0.15) is 5.48 Å². The molecule has 0 spiro atoms. The van der Waals surface area contributed by atoms with Crippen LogP contribution in [0.15, 0.2) is 0 Å². The molecule has 3 heterocycles. The van der Waals surface area contributed by atoms with E-state index in [1.807, 2.05) is 0 Å². The lowest BCUT2D eigenvalue weighted by atomic mass is 9.73. The van der Waals surface area contributed by atoms with E-state index in [0.717, 1.165) is 58.2 Å². The summed E-state index contributed by atoms with van der Waals surface area (Å²) in [6, 6.07) is 0.872. The maximum atomic E-state index is 13.1. The predicted octanol–water partition coefficient (Wildman–Crippen LogP) is 1.13. The van der Waals surface area contributed by atoms with E-state index in [1.54, 1.807) is 6.92 Å². The van der Waals surface area contributed by atoms with Crippen LogP contribution in [0.5, 0.6) is 0 Å². The predicted molar refractivity (Wildman–Crippen MR) is 116 cm³/mol. The summed E-state index contributed by atoms with van der Waals surface area (Å²) in [6.07, 6.45) is 6.60. The first-order chi connectivity index (χ1) is 14.9. The Hall–Kier alpha value is -1.22. The molecule has 0 bridgehead atoms. The smallest absolute Gasteiger partial charge is 0.226 e. The minimum Gasteiger partial charge on any atom is -0.335 e. The van der Waals surface area contributed by atoms with Gasteiger partial charge in [0.15, 0.2) is 0 Å². The lowest BCUT2D eigenvalue weighted by Crippen LogP contribution is -2.67. The minimum absolute atomic E-state index is 0.116. The van der Waals surface area contributed by atoms with Crippen molar-refractivity contribution in [3.63, 3.8) is 0 Å². The SMILES string of the molecule is CC(=O)N1C2CCC(C3CNN(CC4CC(C)ON4)C3)CC2N(C(=O)C2CC2)C[C@@H]1C. The van der Waals surface area contributed by atoms with Crippen molar-refractivity contribution in [3.8, 4) is 0 Å². The summed E-state index contributed by atoms with van der Waals surface area (Å²) in [5.74, 6) is 1.95. The molecule has 5 rings (SSSR count). The Balaban J connectivity index is 1.24. The Morgan fingerprint density at radius 3 is 2.48 bits per heavy atom. The molecule has 174 valence electrons. The molecule has 3 saturated heterocycles. The summed E-state index contributed by atoms with van der Waals surface area (Å²) in [5, 5.41) is 2.35. The van der Waals surface area contributed by atoms with E-state index >= 15 is 0 Å². The number of hydrogen-bond acceptors (Lipinski definition) is 6. The van der Waals surface area contributed by atoms with Crippen molar-refractivity contribution in [1.82, 2.24) is 25.7 Å². The lowest BCUT2D eigenvalue weighted by molar-refractivity contribution is -0.155. The molecule has 5 fully saturated rings. The van der Waals surface area contributed by atoms with Crippen LogP contribution < -0.4 is 10.9 Å². The van der Waals surface area contributed by atoms with Gasteiger partial charge < -0.3 is 9.80 Å². The number of hydrogen-bond donors (Lipinski definition) is 2. The quantitative estimate of drug-likeness (QED) is 0.692. The maximum absolute atomic E-state index is 13.1. The Kier molecular flexibility index (Phi) is 6.01. The van der Waals surface area contributed by atoms with Crippen molar-refractivity contribution >= 4 is 11.8 Å². The fourth-order valence-electron chi connectivity index (χ4n) is 6.65. The van der Waals surface area contributed by atoms with Crippen LogP contribution in [0.2, 0.25) is 0 Å². The van der Waals surface area contributed by atoms with Gasteiger partial charge in [0.05, 0.1) is 18.2 Å². The molecule has 0 radical (unpaired) electrons. The molecule has 2 amide bonds. The van der Waals surface area contributed by atoms with Gasteiger partial charge in [-0.3, -0.25) is 19.9 Å². The lowest BCUT2D eigenvalue weighted by Gasteiger charge is -2.54. The molecule has 8 nitrogen and oxygen atoms in total. The van der Waals surface area contributed by atoms with E-state index in [-0.39, 0.29) is 36.1 Å². The fourth-order valence-corrected chi connectivity index (χ4v) is 6.65. The second kappa shape index (κ2) is 8.61. The van der Waals surface area contributed by atoms with E-state index < -0.39 is 0 Å². The number of nitrogens with zero attached hydrogens (tertiary/aromatic N) is 3. The second-order valence-electron chi connectivity index (χ2n) is 10.8. The van der Waals surface area contributed by atoms with Gasteiger partial charge >= 0.3 is 0 Å². The van der Waals surface area contributed by atoms with E-state index in [0.29, 0.717) is 30.3 Å². The molecule has 31 heavy (non-hydrogen) atoms. The Labute approximate surface area is 185 Å². The molecule has 2 N–H and O–H groups in total. The Morgan fingerprint density at radius 2 is 1.81 bits per heavy atom. The third kappa shape index (κ3) is 4.36. The van der Waals surface area contributed by atoms with Crippen molar-refractivity contribution in [1.29, 1.82) is 0 Å². The zero-order chi connectivity index (χ0) is 21.7. The first-order valence-corrected chi connectivity index (χ1v) is 12.4. The molecule has 0 aromatic heterocycles. The standard InChI is InChI=1S/C23H39N5O3/c1-14-11-27(23(30)17-4-5-17)22-9-18(6-7-21(22)28(14)16(3)29)19-10-24-26(12-19)13-20-8-15(2)31-25-20/h14-15,17-22,24-25H,4-13H2,1-3H3/t14-,15?,18?,19?,20?,21?,22?/m0/s1. The molecule has 3 aliphatic heterocycles. The average molecular weight is 434 g/mol. The molecule has 5 aliphatic rings. The average Bonchev–Trinajstić information content (AvgIpc) is 3.36. The van der Waals surface area contributed by atoms with Crippen molar-refractivity contribution in [2.75, 3.05) is 26.2 Å². The van der Waals surface area contributed by atoms with Gasteiger partial charge in [0, 0.05) is 51.1 Å². The Bertz CT molecular complexity index is 701. The number of carbonyl (C=O) groups is 2. The molecule has 0 aromatic carbocycles. The van der Waals surface area contributed by atoms with Gasteiger partial charge in [-0.15, -0.1) is 0 Å². The van der Waals surface area contributed by atoms with E-state index in [1.165, 1.54) is 0 Å². The molecular weight excluding hydrogens is 394 g/mol. The number of amides is 2. The van der Waals surface area contributed by atoms with Gasteiger partial charge in [0.2, 0.25) is 11.8 Å². The van der Waals surface area contributed by atoms with Crippen molar-refractivity contribution < 1.29 is 14.4 Å². The molecule has 7 atom stereocenters. The van der Waals surface area contributed by atoms with Gasteiger partial charge in [-0.1, -0.05) is 0 Å². The molecule has 0 aromatic rings. The highest BCUT2D eigenvalue weighted by molar-refractivity contribution is 5.82. The maximum Gasteiger partial charge on any atom is 0.226 e. The van der Waals surface area contributed by atoms with Crippen LogP contribution in [0.4, 0.5) is 0 Å². The van der Waals surface area contributed by atoms with Gasteiger partial charge in [-0.05, 0) is 64.2 Å². The second-order valence-corrected chi connectivity index (χ2v) is 10.8. The number of nitrogens with one attached hydrogen (secondary N) is 2. The molecule has 2 saturated carbocycles. The highest BCUT2D eigenvalue weighted by Crippen LogP contribution is 2.42. The van der Waals surface area contributed by atoms with Crippen LogP contribution in [0.3, 0.4) is 0 Å². The third-order valence-corrected chi connectivity index (χ3v) is 8.28. The zero-order valence-electron chi connectivity index (χ0n) is 19.3. The number of fused-ring (bicyclic) bond motifs is 1. The van der Waals surface area contributed by atoms with Crippen LogP contribution >= 0.6 is 0 Å². The fraction of sp³-hybridized carbons (Fsp3) is 0.913. The number of piperazine rings is 1. The first kappa shape index (κ1) is 21.6. The van der Waals surface area contributed by atoms with Crippen LogP contribution in [0.25, 0.3) is 0 Å². The number of carbonyl (C=O) groups excluding carboxylic acids is 2. The number of hydrazine groups is 1. The molecule has 6 unspecified atom stereocenters. The van der Waals surface area contributed by atoms with Crippen LogP contribution in [0, 0.1) is 17.8 Å². The summed E-state index contributed by atoms with van der Waals surface area (Å²) in [6.45, 7) is 9.63. The van der Waals surface area contributed by atoms with Gasteiger partial charge in [0.1, 0.15) is 0 Å². The number of hydroxylamine groups is 1. The minimum atomic E-state index is 0.116. The van der Waals surface area contributed by atoms with Gasteiger partial charge in [-0.25, -0.2) is 5.01 Å². The van der Waals surface area contributed by atoms with Crippen molar-refractivity contribution in [3.05, 3.63) is 0 Å². The van der Waals surface area contributed by atoms with E-state index in [9.17, 15) is 9.59 Å². The normalized spacial score (nSPS) is 41.5. The van der Waals surface area contributed by atoms with Crippen molar-refractivity contribution in [2.45, 2.75) is 89.6 Å². The molecule has 8 heteroatoms. The van der Waals surface area contributed by atoms with Crippen LogP contribution in [0.1, 0.15) is 59.3 Å².